The minimum atomic E-state index is -4.80. The molecule has 11 heteroatoms. The molecule has 1 unspecified atom stereocenters. The number of nitrogens with one attached hydrogen (secondary N) is 1. The van der Waals surface area contributed by atoms with E-state index in [9.17, 15) is 18.0 Å². The SMILES string of the molecule is CCOC(=O)C1=C(C(F)(F)F)Nc2ncnn2C1c1ccnn1C. The van der Waals surface area contributed by atoms with Crippen LogP contribution in [-0.4, -0.2) is 43.3 Å². The maximum atomic E-state index is 13.5. The number of carbonyl (C=O) groups excluding carboxylic acids is 1. The first-order valence-electron chi connectivity index (χ1n) is 6.97. The number of aromatic nitrogens is 5. The highest BCUT2D eigenvalue weighted by atomic mass is 19.4. The van der Waals surface area contributed by atoms with Crippen LogP contribution in [-0.2, 0) is 16.6 Å². The van der Waals surface area contributed by atoms with E-state index in [2.05, 4.69) is 20.5 Å². The van der Waals surface area contributed by atoms with Gasteiger partial charge in [-0.3, -0.25) is 4.68 Å². The molecule has 0 spiro atoms. The molecule has 1 N–H and O–H groups in total. The smallest absolute Gasteiger partial charge is 0.431 e. The molecule has 0 saturated carbocycles. The number of carbonyl (C=O) groups is 1. The second-order valence-corrected chi connectivity index (χ2v) is 4.94. The predicted molar refractivity (Wildman–Crippen MR) is 74.7 cm³/mol. The van der Waals surface area contributed by atoms with Crippen LogP contribution in [0.1, 0.15) is 18.7 Å². The summed E-state index contributed by atoms with van der Waals surface area (Å²) < 4.78 is 47.9. The second kappa shape index (κ2) is 5.65. The highest BCUT2D eigenvalue weighted by Crippen LogP contribution is 2.40. The Bertz CT molecular complexity index is 807. The minimum absolute atomic E-state index is 0.0597. The number of aryl methyl sites for hydroxylation is 1. The van der Waals surface area contributed by atoms with Gasteiger partial charge in [0.25, 0.3) is 0 Å². The lowest BCUT2D eigenvalue weighted by Crippen LogP contribution is -2.36. The minimum Gasteiger partial charge on any atom is -0.463 e. The van der Waals surface area contributed by atoms with Crippen LogP contribution in [0.25, 0.3) is 0 Å². The summed E-state index contributed by atoms with van der Waals surface area (Å²) in [6.07, 6.45) is -2.27. The van der Waals surface area contributed by atoms with E-state index in [1.165, 1.54) is 28.6 Å². The Balaban J connectivity index is 2.26. The van der Waals surface area contributed by atoms with Gasteiger partial charge >= 0.3 is 12.1 Å². The number of hydrogen-bond acceptors (Lipinski definition) is 6. The number of ether oxygens (including phenoxy) is 1. The normalized spacial score (nSPS) is 17.5. The van der Waals surface area contributed by atoms with E-state index < -0.39 is 29.5 Å². The maximum absolute atomic E-state index is 13.5. The molecule has 0 aromatic carbocycles. The van der Waals surface area contributed by atoms with Crippen molar-refractivity contribution in [2.45, 2.75) is 19.1 Å². The number of halogens is 3. The van der Waals surface area contributed by atoms with Gasteiger partial charge in [0.05, 0.1) is 17.9 Å². The summed E-state index contributed by atoms with van der Waals surface area (Å²) in [7, 11) is 1.56. The average Bonchev–Trinajstić information content (AvgIpc) is 3.13. The molecule has 0 fully saturated rings. The van der Waals surface area contributed by atoms with Gasteiger partial charge in [-0.15, -0.1) is 0 Å². The molecule has 0 aliphatic carbocycles. The number of fused-ring (bicyclic) bond motifs is 1. The monoisotopic (exact) mass is 342 g/mol. The van der Waals surface area contributed by atoms with Crippen LogP contribution in [0.3, 0.4) is 0 Å². The molecule has 2 aromatic heterocycles. The van der Waals surface area contributed by atoms with Crippen LogP contribution in [0.5, 0.6) is 0 Å². The van der Waals surface area contributed by atoms with Gasteiger partial charge in [-0.1, -0.05) is 0 Å². The highest BCUT2D eigenvalue weighted by Gasteiger charge is 2.47. The molecular weight excluding hydrogens is 329 g/mol. The topological polar surface area (TPSA) is 86.9 Å². The number of esters is 1. The first-order chi connectivity index (χ1) is 11.3. The summed E-state index contributed by atoms with van der Waals surface area (Å²) in [4.78, 5) is 16.1. The molecule has 1 aliphatic rings. The Morgan fingerprint density at radius 3 is 2.75 bits per heavy atom. The van der Waals surface area contributed by atoms with Crippen LogP contribution < -0.4 is 5.32 Å². The van der Waals surface area contributed by atoms with E-state index >= 15 is 0 Å². The average molecular weight is 342 g/mol. The maximum Gasteiger partial charge on any atom is 0.431 e. The van der Waals surface area contributed by atoms with Gasteiger partial charge in [0.15, 0.2) is 0 Å². The number of rotatable bonds is 3. The van der Waals surface area contributed by atoms with Gasteiger partial charge in [-0.2, -0.15) is 28.4 Å². The van der Waals surface area contributed by atoms with Crippen molar-refractivity contribution in [3.63, 3.8) is 0 Å². The van der Waals surface area contributed by atoms with E-state index in [-0.39, 0.29) is 12.6 Å². The van der Waals surface area contributed by atoms with Gasteiger partial charge in [-0.25, -0.2) is 9.48 Å². The summed E-state index contributed by atoms with van der Waals surface area (Å²) in [5.41, 5.74) is -1.47. The Kier molecular flexibility index (Phi) is 3.78. The summed E-state index contributed by atoms with van der Waals surface area (Å²) >= 11 is 0. The lowest BCUT2D eigenvalue weighted by atomic mass is 9.99. The van der Waals surface area contributed by atoms with Crippen molar-refractivity contribution in [1.29, 1.82) is 0 Å². The Morgan fingerprint density at radius 2 is 2.17 bits per heavy atom. The molecule has 0 amide bonds. The molecule has 128 valence electrons. The zero-order valence-electron chi connectivity index (χ0n) is 12.7. The van der Waals surface area contributed by atoms with E-state index in [0.29, 0.717) is 5.69 Å². The van der Waals surface area contributed by atoms with Crippen LogP contribution >= 0.6 is 0 Å². The van der Waals surface area contributed by atoms with Crippen molar-refractivity contribution in [3.8, 4) is 0 Å². The zero-order valence-corrected chi connectivity index (χ0v) is 12.7. The molecule has 1 aliphatic heterocycles. The molecule has 2 aromatic rings. The third-order valence-electron chi connectivity index (χ3n) is 3.52. The van der Waals surface area contributed by atoms with Crippen molar-refractivity contribution >= 4 is 11.9 Å². The van der Waals surface area contributed by atoms with Gasteiger partial charge in [-0.05, 0) is 13.0 Å². The van der Waals surface area contributed by atoms with Crippen molar-refractivity contribution < 1.29 is 22.7 Å². The largest absolute Gasteiger partial charge is 0.463 e. The van der Waals surface area contributed by atoms with E-state index in [4.69, 9.17) is 4.74 Å². The molecular formula is C13H13F3N6O2. The van der Waals surface area contributed by atoms with Crippen LogP contribution in [0, 0.1) is 0 Å². The molecule has 0 radical (unpaired) electrons. The Morgan fingerprint density at radius 1 is 1.42 bits per heavy atom. The summed E-state index contributed by atoms with van der Waals surface area (Å²) in [5.74, 6) is -1.20. The molecule has 1 atom stereocenters. The molecule has 24 heavy (non-hydrogen) atoms. The number of anilines is 1. The fraction of sp³-hybridized carbons (Fsp3) is 0.385. The van der Waals surface area contributed by atoms with Gasteiger partial charge in [0.2, 0.25) is 5.95 Å². The first-order valence-corrected chi connectivity index (χ1v) is 6.97. The van der Waals surface area contributed by atoms with Crippen LogP contribution in [0.2, 0.25) is 0 Å². The van der Waals surface area contributed by atoms with Crippen molar-refractivity contribution in [3.05, 3.63) is 35.6 Å². The standard InChI is InChI=1S/C13H13F3N6O2/c1-3-24-11(23)8-9(7-4-5-18-21(7)2)22-12(17-6-19-22)20-10(8)13(14,15)16/h4-6,9H,3H2,1-2H3,(H,17,19,20). The van der Waals surface area contributed by atoms with Crippen molar-refractivity contribution in [2.24, 2.45) is 7.05 Å². The summed E-state index contributed by atoms with van der Waals surface area (Å²) in [5, 5.41) is 10.0. The fourth-order valence-electron chi connectivity index (χ4n) is 2.54. The van der Waals surface area contributed by atoms with Gasteiger partial charge in [0, 0.05) is 13.2 Å². The Labute approximate surface area is 133 Å². The van der Waals surface area contributed by atoms with Crippen LogP contribution in [0.15, 0.2) is 29.9 Å². The second-order valence-electron chi connectivity index (χ2n) is 4.94. The third kappa shape index (κ3) is 2.51. The lowest BCUT2D eigenvalue weighted by Gasteiger charge is -2.29. The van der Waals surface area contributed by atoms with E-state index in [0.717, 1.165) is 6.33 Å². The number of nitrogens with zero attached hydrogens (tertiary/aromatic N) is 5. The number of hydrogen-bond donors (Lipinski definition) is 1. The highest BCUT2D eigenvalue weighted by molar-refractivity contribution is 5.92. The lowest BCUT2D eigenvalue weighted by molar-refractivity contribution is -0.140. The van der Waals surface area contributed by atoms with Gasteiger partial charge < -0.3 is 10.1 Å². The van der Waals surface area contributed by atoms with Gasteiger partial charge in [0.1, 0.15) is 18.1 Å². The third-order valence-corrected chi connectivity index (χ3v) is 3.52. The first kappa shape index (κ1) is 16.0. The molecule has 8 nitrogen and oxygen atoms in total. The van der Waals surface area contributed by atoms with Crippen molar-refractivity contribution in [1.82, 2.24) is 24.5 Å². The van der Waals surface area contributed by atoms with Crippen molar-refractivity contribution in [2.75, 3.05) is 11.9 Å². The summed E-state index contributed by atoms with van der Waals surface area (Å²) in [6.45, 7) is 1.46. The Hall–Kier alpha value is -2.85. The zero-order chi connectivity index (χ0) is 17.5. The quantitative estimate of drug-likeness (QED) is 0.849. The molecule has 0 saturated heterocycles. The fourth-order valence-corrected chi connectivity index (χ4v) is 2.54. The van der Waals surface area contributed by atoms with E-state index in [1.54, 1.807) is 7.05 Å². The number of alkyl halides is 3. The number of allylic oxidation sites excluding steroid dienone is 1. The van der Waals surface area contributed by atoms with E-state index in [1.807, 2.05) is 0 Å². The van der Waals surface area contributed by atoms with Crippen LogP contribution in [0.4, 0.5) is 19.1 Å². The predicted octanol–water partition coefficient (Wildman–Crippen LogP) is 1.41. The summed E-state index contributed by atoms with van der Waals surface area (Å²) in [6, 6.07) is 0.348. The molecule has 0 bridgehead atoms. The molecule has 3 heterocycles. The molecule has 3 rings (SSSR count).